The molecule has 0 aliphatic carbocycles. The second-order valence-electron chi connectivity index (χ2n) is 3.99. The smallest absolute Gasteiger partial charge is 0.173 e. The Kier molecular flexibility index (Phi) is 2.67. The Morgan fingerprint density at radius 1 is 1.00 bits per heavy atom. The first-order chi connectivity index (χ1) is 8.66. The number of aromatic amines is 1. The molecule has 0 saturated heterocycles. The zero-order valence-electron chi connectivity index (χ0n) is 9.18. The van der Waals surface area contributed by atoms with Gasteiger partial charge in [-0.25, -0.2) is 8.78 Å². The summed E-state index contributed by atoms with van der Waals surface area (Å²) >= 11 is 3.09. The Morgan fingerprint density at radius 3 is 2.56 bits per heavy atom. The highest BCUT2D eigenvalue weighted by atomic mass is 79.9. The highest BCUT2D eigenvalue weighted by Crippen LogP contribution is 2.32. The fourth-order valence-corrected chi connectivity index (χ4v) is 2.49. The van der Waals surface area contributed by atoms with Gasteiger partial charge in [-0.2, -0.15) is 0 Å². The van der Waals surface area contributed by atoms with E-state index in [1.165, 1.54) is 0 Å². The van der Waals surface area contributed by atoms with Crippen LogP contribution in [0.15, 0.2) is 46.9 Å². The molecule has 0 bridgehead atoms. The number of benzene rings is 2. The molecule has 2 aromatic carbocycles. The molecule has 90 valence electrons. The molecule has 0 radical (unpaired) electrons. The summed E-state index contributed by atoms with van der Waals surface area (Å²) < 4.78 is 26.7. The van der Waals surface area contributed by atoms with Crippen LogP contribution in [0.4, 0.5) is 8.78 Å². The summed E-state index contributed by atoms with van der Waals surface area (Å²) in [6.45, 7) is 0. The number of hydrogen-bond donors (Lipinski definition) is 1. The van der Waals surface area contributed by atoms with E-state index in [0.717, 1.165) is 22.7 Å². The Bertz CT molecular complexity index is 701. The van der Waals surface area contributed by atoms with Crippen LogP contribution in [0.1, 0.15) is 0 Å². The molecule has 3 rings (SSSR count). The van der Waals surface area contributed by atoms with Crippen LogP contribution in [0.5, 0.6) is 0 Å². The summed E-state index contributed by atoms with van der Waals surface area (Å²) in [5, 5.41) is 1.03. The SMILES string of the molecule is Fc1ccc(-c2cc3ccccc3[nH]2)c(Br)c1F. The number of hydrogen-bond acceptors (Lipinski definition) is 0. The number of nitrogens with one attached hydrogen (secondary N) is 1. The Labute approximate surface area is 111 Å². The number of aromatic nitrogens is 1. The minimum absolute atomic E-state index is 0.133. The van der Waals surface area contributed by atoms with E-state index in [4.69, 9.17) is 0 Å². The molecule has 0 spiro atoms. The van der Waals surface area contributed by atoms with Gasteiger partial charge >= 0.3 is 0 Å². The average Bonchev–Trinajstić information content (AvgIpc) is 2.79. The summed E-state index contributed by atoms with van der Waals surface area (Å²) in [4.78, 5) is 3.18. The molecule has 1 heterocycles. The molecule has 0 fully saturated rings. The van der Waals surface area contributed by atoms with E-state index >= 15 is 0 Å². The third-order valence-corrected chi connectivity index (χ3v) is 3.63. The van der Waals surface area contributed by atoms with Gasteiger partial charge < -0.3 is 4.98 Å². The number of rotatable bonds is 1. The number of halogens is 3. The molecule has 3 aromatic rings. The second kappa shape index (κ2) is 4.21. The Morgan fingerprint density at radius 2 is 1.78 bits per heavy atom. The molecule has 0 aliphatic heterocycles. The Hall–Kier alpha value is -1.68. The van der Waals surface area contributed by atoms with Crippen LogP contribution in [-0.4, -0.2) is 4.98 Å². The lowest BCUT2D eigenvalue weighted by molar-refractivity contribution is 0.504. The fraction of sp³-hybridized carbons (Fsp3) is 0. The molecule has 1 nitrogen and oxygen atoms in total. The molecule has 4 heteroatoms. The molecule has 0 aliphatic rings. The quantitative estimate of drug-likeness (QED) is 0.617. The van der Waals surface area contributed by atoms with Crippen LogP contribution in [0.2, 0.25) is 0 Å². The topological polar surface area (TPSA) is 15.8 Å². The van der Waals surface area contributed by atoms with Crippen LogP contribution in [-0.2, 0) is 0 Å². The molecule has 0 amide bonds. The van der Waals surface area contributed by atoms with Gasteiger partial charge in [0.15, 0.2) is 11.6 Å². The van der Waals surface area contributed by atoms with Crippen molar-refractivity contribution in [3.63, 3.8) is 0 Å². The zero-order valence-corrected chi connectivity index (χ0v) is 10.8. The van der Waals surface area contributed by atoms with Crippen molar-refractivity contribution in [3.05, 3.63) is 58.6 Å². The van der Waals surface area contributed by atoms with Crippen LogP contribution < -0.4 is 0 Å². The first kappa shape index (κ1) is 11.4. The number of para-hydroxylation sites is 1. The maximum atomic E-state index is 13.5. The molecule has 0 atom stereocenters. The van der Waals surface area contributed by atoms with E-state index in [1.54, 1.807) is 6.07 Å². The lowest BCUT2D eigenvalue weighted by atomic mass is 10.1. The Balaban J connectivity index is 2.23. The molecule has 1 N–H and O–H groups in total. The maximum Gasteiger partial charge on any atom is 0.173 e. The monoisotopic (exact) mass is 307 g/mol. The predicted molar refractivity (Wildman–Crippen MR) is 71.4 cm³/mol. The second-order valence-corrected chi connectivity index (χ2v) is 4.79. The average molecular weight is 308 g/mol. The van der Waals surface area contributed by atoms with Crippen LogP contribution in [0, 0.1) is 11.6 Å². The third kappa shape index (κ3) is 1.73. The van der Waals surface area contributed by atoms with Gasteiger partial charge in [0.25, 0.3) is 0 Å². The molecular formula is C14H8BrF2N. The first-order valence-corrected chi connectivity index (χ1v) is 6.18. The van der Waals surface area contributed by atoms with Gasteiger partial charge in [0.05, 0.1) is 4.47 Å². The van der Waals surface area contributed by atoms with Gasteiger partial charge in [0.1, 0.15) is 0 Å². The highest BCUT2D eigenvalue weighted by Gasteiger charge is 2.13. The lowest BCUT2D eigenvalue weighted by Crippen LogP contribution is -1.89. The van der Waals surface area contributed by atoms with Crippen LogP contribution in [0.3, 0.4) is 0 Å². The van der Waals surface area contributed by atoms with Crippen molar-refractivity contribution in [3.8, 4) is 11.3 Å². The summed E-state index contributed by atoms with van der Waals surface area (Å²) in [5.74, 6) is -1.73. The molecule has 18 heavy (non-hydrogen) atoms. The van der Waals surface area contributed by atoms with Crippen LogP contribution in [0.25, 0.3) is 22.2 Å². The largest absolute Gasteiger partial charge is 0.354 e. The minimum atomic E-state index is -0.869. The summed E-state index contributed by atoms with van der Waals surface area (Å²) in [6, 6.07) is 12.3. The van der Waals surface area contributed by atoms with Crippen molar-refractivity contribution in [1.29, 1.82) is 0 Å². The van der Waals surface area contributed by atoms with Gasteiger partial charge in [-0.05, 0) is 40.2 Å². The van der Waals surface area contributed by atoms with Gasteiger partial charge in [-0.1, -0.05) is 18.2 Å². The van der Waals surface area contributed by atoms with Gasteiger partial charge in [-0.3, -0.25) is 0 Å². The number of H-pyrrole nitrogens is 1. The van der Waals surface area contributed by atoms with Crippen molar-refractivity contribution in [2.75, 3.05) is 0 Å². The molecular weight excluding hydrogens is 300 g/mol. The van der Waals surface area contributed by atoms with Gasteiger partial charge in [-0.15, -0.1) is 0 Å². The van der Waals surface area contributed by atoms with Crippen molar-refractivity contribution in [2.24, 2.45) is 0 Å². The van der Waals surface area contributed by atoms with Crippen molar-refractivity contribution >= 4 is 26.8 Å². The normalized spacial score (nSPS) is 11.1. The number of fused-ring (bicyclic) bond motifs is 1. The highest BCUT2D eigenvalue weighted by molar-refractivity contribution is 9.10. The first-order valence-electron chi connectivity index (χ1n) is 5.38. The van der Waals surface area contributed by atoms with E-state index in [1.807, 2.05) is 30.3 Å². The predicted octanol–water partition coefficient (Wildman–Crippen LogP) is 4.88. The fourth-order valence-electron chi connectivity index (χ4n) is 1.95. The van der Waals surface area contributed by atoms with E-state index in [-0.39, 0.29) is 4.47 Å². The van der Waals surface area contributed by atoms with Crippen molar-refractivity contribution < 1.29 is 8.78 Å². The van der Waals surface area contributed by atoms with Crippen molar-refractivity contribution in [2.45, 2.75) is 0 Å². The van der Waals surface area contributed by atoms with E-state index in [2.05, 4.69) is 20.9 Å². The lowest BCUT2D eigenvalue weighted by Gasteiger charge is -2.03. The zero-order chi connectivity index (χ0) is 12.7. The summed E-state index contributed by atoms with van der Waals surface area (Å²) in [7, 11) is 0. The third-order valence-electron chi connectivity index (χ3n) is 2.86. The maximum absolute atomic E-state index is 13.5. The van der Waals surface area contributed by atoms with Crippen molar-refractivity contribution in [1.82, 2.24) is 4.98 Å². The minimum Gasteiger partial charge on any atom is -0.354 e. The van der Waals surface area contributed by atoms with E-state index in [9.17, 15) is 8.78 Å². The van der Waals surface area contributed by atoms with Crippen LogP contribution >= 0.6 is 15.9 Å². The molecule has 0 unspecified atom stereocenters. The summed E-state index contributed by atoms with van der Waals surface area (Å²) in [5.41, 5.74) is 2.32. The van der Waals surface area contributed by atoms with E-state index < -0.39 is 11.6 Å². The molecule has 1 aromatic heterocycles. The standard InChI is InChI=1S/C14H8BrF2N/c15-13-9(5-6-10(16)14(13)17)12-7-8-3-1-2-4-11(8)18-12/h1-7,18H. The molecule has 0 saturated carbocycles. The van der Waals surface area contributed by atoms with Gasteiger partial charge in [0, 0.05) is 22.2 Å². The van der Waals surface area contributed by atoms with Gasteiger partial charge in [0.2, 0.25) is 0 Å². The van der Waals surface area contributed by atoms with E-state index in [0.29, 0.717) is 5.56 Å². The summed E-state index contributed by atoms with van der Waals surface area (Å²) in [6.07, 6.45) is 0.